The summed E-state index contributed by atoms with van der Waals surface area (Å²) < 4.78 is 6.82. The largest absolute Gasteiger partial charge is 0.378 e. The van der Waals surface area contributed by atoms with Gasteiger partial charge in [0.1, 0.15) is 0 Å². The summed E-state index contributed by atoms with van der Waals surface area (Å²) in [5, 5.41) is 0. The number of hydrogen-bond acceptors (Lipinski definition) is 1. The molecule has 0 saturated heterocycles. The van der Waals surface area contributed by atoms with Crippen LogP contribution in [-0.2, 0) is 11.2 Å². The van der Waals surface area contributed by atoms with Gasteiger partial charge in [0.15, 0.2) is 0 Å². The molecule has 1 aromatic rings. The summed E-state index contributed by atoms with van der Waals surface area (Å²) >= 11 is 7.31. The monoisotopic (exact) mass is 360 g/mol. The van der Waals surface area contributed by atoms with Crippen LogP contribution in [0.5, 0.6) is 0 Å². The third-order valence-corrected chi connectivity index (χ3v) is 4.78. The second kappa shape index (κ2) is 5.85. The van der Waals surface area contributed by atoms with Crippen molar-refractivity contribution in [3.8, 4) is 0 Å². The van der Waals surface area contributed by atoms with E-state index in [-0.39, 0.29) is 5.60 Å². The van der Waals surface area contributed by atoms with Crippen LogP contribution in [0.15, 0.2) is 28.7 Å². The second-order valence-electron chi connectivity index (χ2n) is 4.88. The Bertz CT molecular complexity index is 369. The zero-order valence-corrected chi connectivity index (χ0v) is 13.3. The van der Waals surface area contributed by atoms with Crippen LogP contribution in [0, 0.1) is 0 Å². The molecule has 0 radical (unpaired) electrons. The van der Waals surface area contributed by atoms with Gasteiger partial charge in [-0.15, -0.1) is 0 Å². The van der Waals surface area contributed by atoms with Crippen LogP contribution in [0.1, 0.15) is 31.2 Å². The van der Waals surface area contributed by atoms with E-state index in [9.17, 15) is 0 Å². The SMILES string of the molecule is COC1(CC(Br)Cc2cccc(Br)c2)CCC1. The number of ether oxygens (including phenoxy) is 1. The first-order chi connectivity index (χ1) is 8.13. The zero-order valence-electron chi connectivity index (χ0n) is 10.1. The van der Waals surface area contributed by atoms with Crippen LogP contribution in [0.4, 0.5) is 0 Å². The van der Waals surface area contributed by atoms with Crippen LogP contribution in [-0.4, -0.2) is 17.5 Å². The maximum Gasteiger partial charge on any atom is 0.0689 e. The van der Waals surface area contributed by atoms with Crippen molar-refractivity contribution in [1.82, 2.24) is 0 Å². The van der Waals surface area contributed by atoms with E-state index in [1.54, 1.807) is 0 Å². The molecule has 1 fully saturated rings. The number of methoxy groups -OCH3 is 1. The number of rotatable bonds is 5. The minimum Gasteiger partial charge on any atom is -0.378 e. The predicted molar refractivity (Wildman–Crippen MR) is 78.8 cm³/mol. The molecule has 1 aliphatic rings. The summed E-state index contributed by atoms with van der Waals surface area (Å²) in [7, 11) is 1.85. The van der Waals surface area contributed by atoms with Crippen molar-refractivity contribution in [2.24, 2.45) is 0 Å². The third kappa shape index (κ3) is 3.55. The molecule has 0 amide bonds. The molecule has 3 heteroatoms. The quantitative estimate of drug-likeness (QED) is 0.690. The van der Waals surface area contributed by atoms with Gasteiger partial charge in [-0.05, 0) is 49.8 Å². The first kappa shape index (κ1) is 13.6. The maximum absolute atomic E-state index is 5.67. The Morgan fingerprint density at radius 2 is 2.18 bits per heavy atom. The Hall–Kier alpha value is 0.140. The Balaban J connectivity index is 1.90. The topological polar surface area (TPSA) is 9.23 Å². The Morgan fingerprint density at radius 1 is 1.41 bits per heavy atom. The molecule has 1 saturated carbocycles. The molecule has 94 valence electrons. The van der Waals surface area contributed by atoms with Crippen molar-refractivity contribution < 1.29 is 4.74 Å². The highest BCUT2D eigenvalue weighted by atomic mass is 79.9. The van der Waals surface area contributed by atoms with Gasteiger partial charge in [0.2, 0.25) is 0 Å². The fourth-order valence-corrected chi connectivity index (χ4v) is 3.87. The fraction of sp³-hybridized carbons (Fsp3) is 0.571. The number of halogens is 2. The number of benzene rings is 1. The minimum atomic E-state index is 0.153. The first-order valence-electron chi connectivity index (χ1n) is 6.07. The third-order valence-electron chi connectivity index (χ3n) is 3.64. The van der Waals surface area contributed by atoms with Crippen molar-refractivity contribution in [2.45, 2.75) is 42.5 Å². The average Bonchev–Trinajstić information content (AvgIpc) is 2.23. The van der Waals surface area contributed by atoms with E-state index in [1.807, 2.05) is 7.11 Å². The normalized spacial score (nSPS) is 19.7. The van der Waals surface area contributed by atoms with Crippen molar-refractivity contribution in [3.63, 3.8) is 0 Å². The molecule has 0 aliphatic heterocycles. The zero-order chi connectivity index (χ0) is 12.3. The second-order valence-corrected chi connectivity index (χ2v) is 7.09. The van der Waals surface area contributed by atoms with Crippen molar-refractivity contribution in [1.29, 1.82) is 0 Å². The highest BCUT2D eigenvalue weighted by Gasteiger charge is 2.38. The van der Waals surface area contributed by atoms with Crippen molar-refractivity contribution >= 4 is 31.9 Å². The van der Waals surface area contributed by atoms with Crippen LogP contribution in [0.3, 0.4) is 0 Å². The molecule has 0 spiro atoms. The molecule has 1 aromatic carbocycles. The highest BCUT2D eigenvalue weighted by molar-refractivity contribution is 9.10. The van der Waals surface area contributed by atoms with Crippen LogP contribution in [0.2, 0.25) is 0 Å². The van der Waals surface area contributed by atoms with Crippen LogP contribution >= 0.6 is 31.9 Å². The van der Waals surface area contributed by atoms with Gasteiger partial charge in [-0.3, -0.25) is 0 Å². The lowest BCUT2D eigenvalue weighted by Gasteiger charge is -2.42. The van der Waals surface area contributed by atoms with Gasteiger partial charge < -0.3 is 4.74 Å². The molecule has 2 rings (SSSR count). The lowest BCUT2D eigenvalue weighted by Crippen LogP contribution is -2.41. The van der Waals surface area contributed by atoms with E-state index in [1.165, 1.54) is 24.8 Å². The lowest BCUT2D eigenvalue weighted by molar-refractivity contribution is -0.0770. The number of hydrogen-bond donors (Lipinski definition) is 0. The molecular formula is C14H18Br2O. The van der Waals surface area contributed by atoms with Crippen molar-refractivity contribution in [2.75, 3.05) is 7.11 Å². The molecule has 1 aliphatic carbocycles. The predicted octanol–water partition coefficient (Wildman–Crippen LogP) is 4.71. The summed E-state index contributed by atoms with van der Waals surface area (Å²) in [6, 6.07) is 8.53. The molecule has 1 unspecified atom stereocenters. The highest BCUT2D eigenvalue weighted by Crippen LogP contribution is 2.40. The van der Waals surface area contributed by atoms with Crippen molar-refractivity contribution in [3.05, 3.63) is 34.3 Å². The van der Waals surface area contributed by atoms with Crippen LogP contribution < -0.4 is 0 Å². The summed E-state index contributed by atoms with van der Waals surface area (Å²) in [5.74, 6) is 0. The van der Waals surface area contributed by atoms with Gasteiger partial charge >= 0.3 is 0 Å². The molecular weight excluding hydrogens is 344 g/mol. The van der Waals surface area contributed by atoms with Crippen LogP contribution in [0.25, 0.3) is 0 Å². The first-order valence-corrected chi connectivity index (χ1v) is 7.78. The summed E-state index contributed by atoms with van der Waals surface area (Å²) in [4.78, 5) is 0.497. The molecule has 0 bridgehead atoms. The van der Waals surface area contributed by atoms with E-state index in [4.69, 9.17) is 4.74 Å². The molecule has 0 heterocycles. The van der Waals surface area contributed by atoms with Gasteiger partial charge in [0, 0.05) is 16.4 Å². The van der Waals surface area contributed by atoms with Gasteiger partial charge in [-0.25, -0.2) is 0 Å². The standard InChI is InChI=1S/C14H18Br2O/c1-17-14(6-3-7-14)10-13(16)9-11-4-2-5-12(15)8-11/h2,4-5,8,13H,3,6-7,9-10H2,1H3. The summed E-state index contributed by atoms with van der Waals surface area (Å²) in [5.41, 5.74) is 1.52. The van der Waals surface area contributed by atoms with E-state index in [0.717, 1.165) is 17.3 Å². The molecule has 17 heavy (non-hydrogen) atoms. The number of alkyl halides is 1. The Morgan fingerprint density at radius 3 is 2.71 bits per heavy atom. The van der Waals surface area contributed by atoms with Gasteiger partial charge in [-0.1, -0.05) is 44.0 Å². The molecule has 0 aromatic heterocycles. The van der Waals surface area contributed by atoms with E-state index < -0.39 is 0 Å². The van der Waals surface area contributed by atoms with E-state index in [2.05, 4.69) is 56.1 Å². The van der Waals surface area contributed by atoms with Gasteiger partial charge in [-0.2, -0.15) is 0 Å². The van der Waals surface area contributed by atoms with Gasteiger partial charge in [0.05, 0.1) is 5.60 Å². The lowest BCUT2D eigenvalue weighted by atomic mass is 9.76. The summed E-state index contributed by atoms with van der Waals surface area (Å²) in [6.07, 6.45) is 5.90. The Labute approximate surface area is 120 Å². The molecule has 1 atom stereocenters. The van der Waals surface area contributed by atoms with E-state index in [0.29, 0.717) is 4.83 Å². The minimum absolute atomic E-state index is 0.153. The molecule has 1 nitrogen and oxygen atoms in total. The van der Waals surface area contributed by atoms with E-state index >= 15 is 0 Å². The summed E-state index contributed by atoms with van der Waals surface area (Å²) in [6.45, 7) is 0. The van der Waals surface area contributed by atoms with Gasteiger partial charge in [0.25, 0.3) is 0 Å². The average molecular weight is 362 g/mol. The smallest absolute Gasteiger partial charge is 0.0689 e. The maximum atomic E-state index is 5.67. The Kier molecular flexibility index (Phi) is 4.67. The molecule has 0 N–H and O–H groups in total. The fourth-order valence-electron chi connectivity index (χ4n) is 2.46.